The Hall–Kier alpha value is -3.18. The Morgan fingerprint density at radius 1 is 1.07 bits per heavy atom. The molecule has 0 fully saturated rings. The molecule has 0 aliphatic heterocycles. The number of ketones is 1. The molecule has 0 saturated heterocycles. The van der Waals surface area contributed by atoms with Gasteiger partial charge in [0.25, 0.3) is 0 Å². The van der Waals surface area contributed by atoms with Crippen molar-refractivity contribution in [3.63, 3.8) is 0 Å². The van der Waals surface area contributed by atoms with E-state index in [9.17, 15) is 9.90 Å². The summed E-state index contributed by atoms with van der Waals surface area (Å²) in [6, 6.07) is 19.6. The first kappa shape index (κ1) is 19.6. The molecule has 0 heterocycles. The van der Waals surface area contributed by atoms with Gasteiger partial charge in [-0.2, -0.15) is 0 Å². The maximum absolute atomic E-state index is 12.4. The van der Waals surface area contributed by atoms with Gasteiger partial charge in [0.05, 0.1) is 12.8 Å². The summed E-state index contributed by atoms with van der Waals surface area (Å²) in [4.78, 5) is 16.8. The van der Waals surface area contributed by atoms with Crippen LogP contribution in [0.4, 0.5) is 5.69 Å². The monoisotopic (exact) mass is 435 g/mol. The molecule has 0 atom stereocenters. The summed E-state index contributed by atoms with van der Waals surface area (Å²) in [5, 5.41) is 9.93. The van der Waals surface area contributed by atoms with Gasteiger partial charge < -0.3 is 9.84 Å². The highest BCUT2D eigenvalue weighted by atomic mass is 79.9. The number of benzene rings is 3. The van der Waals surface area contributed by atoms with Crippen LogP contribution in [0.5, 0.6) is 11.5 Å². The predicted octanol–water partition coefficient (Wildman–Crippen LogP) is 5.81. The molecule has 3 rings (SSSR count). The number of aliphatic imine (C=N–C) groups is 1. The van der Waals surface area contributed by atoms with E-state index in [1.807, 2.05) is 24.3 Å². The second-order valence-electron chi connectivity index (χ2n) is 5.98. The zero-order chi connectivity index (χ0) is 19.9. The standard InChI is InChI=1S/C23H18BrNO3/c1-28-21-10-12-23(27)18(14-21)15-25-20-4-2-3-17(13-20)22(26)11-7-16-5-8-19(24)9-6-16/h2-15,27H,1H3/b11-7+,25-15?. The Kier molecular flexibility index (Phi) is 6.40. The summed E-state index contributed by atoms with van der Waals surface area (Å²) in [6.45, 7) is 0. The molecule has 0 radical (unpaired) electrons. The zero-order valence-electron chi connectivity index (χ0n) is 15.2. The van der Waals surface area contributed by atoms with Crippen LogP contribution in [0.15, 0.2) is 82.3 Å². The molecule has 140 valence electrons. The average Bonchev–Trinajstić information content (AvgIpc) is 2.72. The van der Waals surface area contributed by atoms with Crippen LogP contribution in [0, 0.1) is 0 Å². The van der Waals surface area contributed by atoms with E-state index >= 15 is 0 Å². The first-order chi connectivity index (χ1) is 13.5. The number of phenolic OH excluding ortho intramolecular Hbond substituents is 1. The van der Waals surface area contributed by atoms with E-state index in [2.05, 4.69) is 20.9 Å². The van der Waals surface area contributed by atoms with Crippen LogP contribution >= 0.6 is 15.9 Å². The second kappa shape index (κ2) is 9.15. The van der Waals surface area contributed by atoms with Crippen molar-refractivity contribution in [1.82, 2.24) is 0 Å². The SMILES string of the molecule is COc1ccc(O)c(C=Nc2cccc(C(=O)/C=C/c3ccc(Br)cc3)c2)c1. The number of aromatic hydroxyl groups is 1. The lowest BCUT2D eigenvalue weighted by molar-refractivity contribution is 0.104. The van der Waals surface area contributed by atoms with Gasteiger partial charge in [-0.3, -0.25) is 9.79 Å². The van der Waals surface area contributed by atoms with E-state index in [0.717, 1.165) is 10.0 Å². The van der Waals surface area contributed by atoms with Crippen LogP contribution in [-0.4, -0.2) is 24.2 Å². The van der Waals surface area contributed by atoms with Crippen molar-refractivity contribution >= 4 is 39.7 Å². The van der Waals surface area contributed by atoms with Crippen LogP contribution in [0.1, 0.15) is 21.5 Å². The van der Waals surface area contributed by atoms with E-state index in [0.29, 0.717) is 22.6 Å². The molecule has 0 bridgehead atoms. The van der Waals surface area contributed by atoms with Crippen LogP contribution in [0.3, 0.4) is 0 Å². The van der Waals surface area contributed by atoms with E-state index in [4.69, 9.17) is 4.74 Å². The molecule has 0 saturated carbocycles. The maximum Gasteiger partial charge on any atom is 0.185 e. The molecule has 0 spiro atoms. The van der Waals surface area contributed by atoms with Crippen LogP contribution in [-0.2, 0) is 0 Å². The van der Waals surface area contributed by atoms with Crippen molar-refractivity contribution in [2.24, 2.45) is 4.99 Å². The van der Waals surface area contributed by atoms with E-state index in [-0.39, 0.29) is 11.5 Å². The van der Waals surface area contributed by atoms with E-state index in [1.165, 1.54) is 0 Å². The largest absolute Gasteiger partial charge is 0.507 e. The first-order valence-corrected chi connectivity index (χ1v) is 9.33. The lowest BCUT2D eigenvalue weighted by Gasteiger charge is -2.03. The zero-order valence-corrected chi connectivity index (χ0v) is 16.8. The third-order valence-corrected chi connectivity index (χ3v) is 4.54. The summed E-state index contributed by atoms with van der Waals surface area (Å²) in [6.07, 6.45) is 4.86. The maximum atomic E-state index is 12.4. The number of rotatable bonds is 6. The number of hydrogen-bond acceptors (Lipinski definition) is 4. The molecule has 0 aliphatic carbocycles. The quantitative estimate of drug-likeness (QED) is 0.301. The number of carbonyl (C=O) groups excluding carboxylic acids is 1. The Morgan fingerprint density at radius 3 is 2.61 bits per heavy atom. The highest BCUT2D eigenvalue weighted by Gasteiger charge is 2.04. The average molecular weight is 436 g/mol. The van der Waals surface area contributed by atoms with Crippen molar-refractivity contribution < 1.29 is 14.6 Å². The minimum atomic E-state index is -0.107. The summed E-state index contributed by atoms with van der Waals surface area (Å²) in [5.41, 5.74) is 2.63. The van der Waals surface area contributed by atoms with Gasteiger partial charge in [0, 0.05) is 21.8 Å². The van der Waals surface area contributed by atoms with Gasteiger partial charge in [0.2, 0.25) is 0 Å². The Balaban J connectivity index is 1.76. The third-order valence-electron chi connectivity index (χ3n) is 4.02. The summed E-state index contributed by atoms with van der Waals surface area (Å²) < 4.78 is 6.14. The van der Waals surface area contributed by atoms with Crippen molar-refractivity contribution in [3.8, 4) is 11.5 Å². The smallest absolute Gasteiger partial charge is 0.185 e. The second-order valence-corrected chi connectivity index (χ2v) is 6.90. The first-order valence-electron chi connectivity index (χ1n) is 8.54. The predicted molar refractivity (Wildman–Crippen MR) is 116 cm³/mol. The number of phenols is 1. The Bertz CT molecular complexity index is 1040. The lowest BCUT2D eigenvalue weighted by Crippen LogP contribution is -1.93. The molecule has 5 heteroatoms. The van der Waals surface area contributed by atoms with Crippen LogP contribution in [0.25, 0.3) is 6.08 Å². The molecule has 0 aliphatic rings. The number of carbonyl (C=O) groups is 1. The summed E-state index contributed by atoms with van der Waals surface area (Å²) in [5.74, 6) is 0.625. The van der Waals surface area contributed by atoms with Gasteiger partial charge in [0.1, 0.15) is 11.5 Å². The molecule has 28 heavy (non-hydrogen) atoms. The molecule has 0 unspecified atom stereocenters. The topological polar surface area (TPSA) is 58.9 Å². The van der Waals surface area contributed by atoms with Crippen molar-refractivity contribution in [2.75, 3.05) is 7.11 Å². The molecule has 0 amide bonds. The molecule has 0 aromatic heterocycles. The van der Waals surface area contributed by atoms with Gasteiger partial charge in [-0.05, 0) is 54.1 Å². The number of allylic oxidation sites excluding steroid dienone is 1. The highest BCUT2D eigenvalue weighted by Crippen LogP contribution is 2.23. The van der Waals surface area contributed by atoms with Crippen molar-refractivity contribution in [2.45, 2.75) is 0 Å². The highest BCUT2D eigenvalue weighted by molar-refractivity contribution is 9.10. The fourth-order valence-electron chi connectivity index (χ4n) is 2.49. The molecule has 3 aromatic carbocycles. The Labute approximate surface area is 172 Å². The van der Waals surface area contributed by atoms with Crippen molar-refractivity contribution in [3.05, 3.63) is 94.0 Å². The number of nitrogens with zero attached hydrogens (tertiary/aromatic N) is 1. The summed E-state index contributed by atoms with van der Waals surface area (Å²) >= 11 is 3.39. The fraction of sp³-hybridized carbons (Fsp3) is 0.0435. The molecular weight excluding hydrogens is 418 g/mol. The van der Waals surface area contributed by atoms with Crippen LogP contribution < -0.4 is 4.74 Å². The molecule has 1 N–H and O–H groups in total. The number of hydrogen-bond donors (Lipinski definition) is 1. The number of halogens is 1. The molecule has 3 aromatic rings. The fourth-order valence-corrected chi connectivity index (χ4v) is 2.75. The normalized spacial score (nSPS) is 11.2. The van der Waals surface area contributed by atoms with Crippen molar-refractivity contribution in [1.29, 1.82) is 0 Å². The minimum Gasteiger partial charge on any atom is -0.507 e. The van der Waals surface area contributed by atoms with Gasteiger partial charge in [-0.25, -0.2) is 0 Å². The van der Waals surface area contributed by atoms with E-state index in [1.54, 1.807) is 67.9 Å². The Morgan fingerprint density at radius 2 is 1.86 bits per heavy atom. The van der Waals surface area contributed by atoms with Crippen LogP contribution in [0.2, 0.25) is 0 Å². The van der Waals surface area contributed by atoms with E-state index < -0.39 is 0 Å². The molecular formula is C23H18BrNO3. The van der Waals surface area contributed by atoms with Gasteiger partial charge in [-0.1, -0.05) is 46.3 Å². The van der Waals surface area contributed by atoms with Gasteiger partial charge in [-0.15, -0.1) is 0 Å². The lowest BCUT2D eigenvalue weighted by atomic mass is 10.1. The molecule has 4 nitrogen and oxygen atoms in total. The number of ether oxygens (including phenoxy) is 1. The van der Waals surface area contributed by atoms with Gasteiger partial charge >= 0.3 is 0 Å². The minimum absolute atomic E-state index is 0.106. The summed E-state index contributed by atoms with van der Waals surface area (Å²) in [7, 11) is 1.56. The third kappa shape index (κ3) is 5.18. The van der Waals surface area contributed by atoms with Gasteiger partial charge in [0.15, 0.2) is 5.78 Å². The number of methoxy groups -OCH3 is 1.